The quantitative estimate of drug-likeness (QED) is 0.768. The van der Waals surface area contributed by atoms with Gasteiger partial charge < -0.3 is 10.1 Å². The minimum absolute atomic E-state index is 0.191. The Kier molecular flexibility index (Phi) is 3.64. The van der Waals surface area contributed by atoms with Gasteiger partial charge in [-0.15, -0.1) is 0 Å². The molecule has 0 radical (unpaired) electrons. The molecule has 0 bridgehead atoms. The summed E-state index contributed by atoms with van der Waals surface area (Å²) >= 11 is 0. The van der Waals surface area contributed by atoms with E-state index in [9.17, 15) is 4.79 Å². The lowest BCUT2D eigenvalue weighted by atomic mass is 9.90. The Bertz CT molecular complexity index is 356. The Balaban J connectivity index is 3.44. The molecule has 2 heteroatoms. The molecule has 1 aromatic rings. The van der Waals surface area contributed by atoms with Gasteiger partial charge in [0.05, 0.1) is 6.04 Å². The summed E-state index contributed by atoms with van der Waals surface area (Å²) in [5.74, 6) is 0. The molecule has 0 aromatic heterocycles. The van der Waals surface area contributed by atoms with Gasteiger partial charge in [0.15, 0.2) is 0 Å². The molecule has 1 aromatic carbocycles. The molecule has 0 aliphatic carbocycles. The molecule has 1 atom stereocenters. The summed E-state index contributed by atoms with van der Waals surface area (Å²) < 4.78 is 0. The van der Waals surface area contributed by atoms with Crippen molar-refractivity contribution in [2.75, 3.05) is 7.05 Å². The number of benzene rings is 1. The molecule has 82 valence electrons. The highest BCUT2D eigenvalue weighted by Gasteiger charge is 2.16. The van der Waals surface area contributed by atoms with Gasteiger partial charge in [0.2, 0.25) is 0 Å². The van der Waals surface area contributed by atoms with E-state index in [-0.39, 0.29) is 6.04 Å². The van der Waals surface area contributed by atoms with Crippen molar-refractivity contribution >= 4 is 6.29 Å². The van der Waals surface area contributed by atoms with E-state index in [2.05, 4.69) is 39.1 Å². The Morgan fingerprint density at radius 3 is 1.93 bits per heavy atom. The van der Waals surface area contributed by atoms with Gasteiger partial charge in [-0.05, 0) is 62.6 Å². The van der Waals surface area contributed by atoms with Gasteiger partial charge in [0, 0.05) is 0 Å². The number of carbonyl (C=O) groups is 1. The van der Waals surface area contributed by atoms with Crippen molar-refractivity contribution < 1.29 is 4.79 Å². The van der Waals surface area contributed by atoms with Gasteiger partial charge >= 0.3 is 0 Å². The van der Waals surface area contributed by atoms with Gasteiger partial charge in [0.1, 0.15) is 6.29 Å². The fraction of sp³-hybridized carbons (Fsp3) is 0.462. The Morgan fingerprint density at radius 2 is 1.60 bits per heavy atom. The average Bonchev–Trinajstić information content (AvgIpc) is 2.21. The van der Waals surface area contributed by atoms with Crippen molar-refractivity contribution in [3.8, 4) is 0 Å². The van der Waals surface area contributed by atoms with Crippen LogP contribution < -0.4 is 5.32 Å². The summed E-state index contributed by atoms with van der Waals surface area (Å²) in [5, 5.41) is 3.04. The van der Waals surface area contributed by atoms with Crippen LogP contribution in [0.25, 0.3) is 0 Å². The van der Waals surface area contributed by atoms with E-state index in [0.29, 0.717) is 0 Å². The van der Waals surface area contributed by atoms with E-state index < -0.39 is 0 Å². The molecule has 1 rings (SSSR count). The van der Waals surface area contributed by atoms with E-state index in [1.54, 1.807) is 0 Å². The predicted molar refractivity (Wildman–Crippen MR) is 63.3 cm³/mol. The van der Waals surface area contributed by atoms with Crippen LogP contribution in [0.5, 0.6) is 0 Å². The number of aryl methyl sites for hydroxylation is 2. The normalized spacial score (nSPS) is 12.6. The molecule has 0 saturated heterocycles. The van der Waals surface area contributed by atoms with E-state index in [1.807, 2.05) is 7.05 Å². The lowest BCUT2D eigenvalue weighted by Crippen LogP contribution is -2.20. The minimum atomic E-state index is -0.191. The molecular weight excluding hydrogens is 186 g/mol. The number of carbonyl (C=O) groups excluding carboxylic acids is 1. The van der Waals surface area contributed by atoms with E-state index in [0.717, 1.165) is 11.8 Å². The van der Waals surface area contributed by atoms with Crippen molar-refractivity contribution in [1.29, 1.82) is 0 Å². The highest BCUT2D eigenvalue weighted by Crippen LogP contribution is 2.26. The van der Waals surface area contributed by atoms with Crippen molar-refractivity contribution in [1.82, 2.24) is 5.32 Å². The van der Waals surface area contributed by atoms with Crippen LogP contribution in [0.3, 0.4) is 0 Å². The van der Waals surface area contributed by atoms with Gasteiger partial charge in [-0.3, -0.25) is 0 Å². The van der Waals surface area contributed by atoms with Crippen LogP contribution in [-0.4, -0.2) is 13.3 Å². The summed E-state index contributed by atoms with van der Waals surface area (Å²) in [7, 11) is 1.82. The monoisotopic (exact) mass is 205 g/mol. The maximum atomic E-state index is 11.0. The number of nitrogens with one attached hydrogen (secondary N) is 1. The largest absolute Gasteiger partial charge is 0.307 e. The van der Waals surface area contributed by atoms with Crippen LogP contribution in [-0.2, 0) is 4.79 Å². The van der Waals surface area contributed by atoms with Gasteiger partial charge in [0.25, 0.3) is 0 Å². The third-order valence-electron chi connectivity index (χ3n) is 3.18. The van der Waals surface area contributed by atoms with Crippen molar-refractivity contribution in [3.05, 3.63) is 33.9 Å². The zero-order valence-corrected chi connectivity index (χ0v) is 10.1. The molecule has 0 aliphatic rings. The highest BCUT2D eigenvalue weighted by atomic mass is 16.1. The fourth-order valence-electron chi connectivity index (χ4n) is 1.99. The molecule has 0 saturated carbocycles. The Labute approximate surface area is 91.7 Å². The average molecular weight is 205 g/mol. The first-order chi connectivity index (χ1) is 7.02. The second-order valence-electron chi connectivity index (χ2n) is 4.08. The van der Waals surface area contributed by atoms with E-state index >= 15 is 0 Å². The first kappa shape index (κ1) is 11.9. The van der Waals surface area contributed by atoms with Crippen LogP contribution in [0.2, 0.25) is 0 Å². The molecule has 2 nitrogen and oxygen atoms in total. The van der Waals surface area contributed by atoms with Crippen LogP contribution in [0.1, 0.15) is 33.9 Å². The molecule has 0 fully saturated rings. The van der Waals surface area contributed by atoms with Gasteiger partial charge in [-0.25, -0.2) is 0 Å². The predicted octanol–water partition coefficient (Wildman–Crippen LogP) is 2.38. The molecule has 0 heterocycles. The standard InChI is InChI=1S/C13H19NO/c1-8-6-9(2)11(4)13(10(8)3)12(7-15)14-5/h6-7,12,14H,1-5H3. The summed E-state index contributed by atoms with van der Waals surface area (Å²) in [5.41, 5.74) is 6.05. The van der Waals surface area contributed by atoms with Crippen LogP contribution in [0.15, 0.2) is 6.07 Å². The molecule has 1 unspecified atom stereocenters. The number of likely N-dealkylation sites (N-methyl/N-ethyl adjacent to an activating group) is 1. The van der Waals surface area contributed by atoms with E-state index in [4.69, 9.17) is 0 Å². The maximum Gasteiger partial charge on any atom is 0.141 e. The second-order valence-corrected chi connectivity index (χ2v) is 4.08. The summed E-state index contributed by atoms with van der Waals surface area (Å²) in [6.07, 6.45) is 0.966. The van der Waals surface area contributed by atoms with Crippen LogP contribution in [0.4, 0.5) is 0 Å². The lowest BCUT2D eigenvalue weighted by Gasteiger charge is -2.19. The molecule has 1 N–H and O–H groups in total. The second kappa shape index (κ2) is 4.58. The van der Waals surface area contributed by atoms with Gasteiger partial charge in [-0.1, -0.05) is 6.07 Å². The first-order valence-corrected chi connectivity index (χ1v) is 5.22. The number of hydrogen-bond donors (Lipinski definition) is 1. The first-order valence-electron chi connectivity index (χ1n) is 5.22. The minimum Gasteiger partial charge on any atom is -0.307 e. The highest BCUT2D eigenvalue weighted by molar-refractivity contribution is 5.65. The molecule has 15 heavy (non-hydrogen) atoms. The molecular formula is C13H19NO. The van der Waals surface area contributed by atoms with Crippen LogP contribution in [0, 0.1) is 27.7 Å². The van der Waals surface area contributed by atoms with Gasteiger partial charge in [-0.2, -0.15) is 0 Å². The Hall–Kier alpha value is -1.15. The Morgan fingerprint density at radius 1 is 1.13 bits per heavy atom. The maximum absolute atomic E-state index is 11.0. The number of aldehydes is 1. The fourth-order valence-corrected chi connectivity index (χ4v) is 1.99. The molecule has 0 amide bonds. The molecule has 0 spiro atoms. The summed E-state index contributed by atoms with van der Waals surface area (Å²) in [4.78, 5) is 11.0. The zero-order valence-electron chi connectivity index (χ0n) is 10.1. The third kappa shape index (κ3) is 2.10. The zero-order chi connectivity index (χ0) is 11.6. The smallest absolute Gasteiger partial charge is 0.141 e. The summed E-state index contributed by atoms with van der Waals surface area (Å²) in [6.45, 7) is 8.32. The third-order valence-corrected chi connectivity index (χ3v) is 3.18. The number of rotatable bonds is 3. The van der Waals surface area contributed by atoms with Crippen LogP contribution >= 0.6 is 0 Å². The summed E-state index contributed by atoms with van der Waals surface area (Å²) in [6, 6.07) is 1.98. The van der Waals surface area contributed by atoms with E-state index in [1.165, 1.54) is 22.3 Å². The molecule has 0 aliphatic heterocycles. The van der Waals surface area contributed by atoms with Crippen molar-refractivity contribution in [2.45, 2.75) is 33.7 Å². The number of hydrogen-bond acceptors (Lipinski definition) is 2. The topological polar surface area (TPSA) is 29.1 Å². The van der Waals surface area contributed by atoms with Crippen molar-refractivity contribution in [3.63, 3.8) is 0 Å². The van der Waals surface area contributed by atoms with Crippen molar-refractivity contribution in [2.24, 2.45) is 0 Å². The SMILES string of the molecule is CNC(C=O)c1c(C)c(C)cc(C)c1C. The lowest BCUT2D eigenvalue weighted by molar-refractivity contribution is -0.109.